The van der Waals surface area contributed by atoms with Crippen LogP contribution in [-0.2, 0) is 17.7 Å². The number of fused-ring (bicyclic) bond motifs is 1. The third-order valence-corrected chi connectivity index (χ3v) is 7.11. The second-order valence-electron chi connectivity index (χ2n) is 9.31. The molecule has 2 aliphatic heterocycles. The molecule has 1 fully saturated rings. The van der Waals surface area contributed by atoms with E-state index in [4.69, 9.17) is 15.5 Å². The Morgan fingerprint density at radius 1 is 1.30 bits per heavy atom. The number of benzene rings is 1. The molecule has 0 spiro atoms. The van der Waals surface area contributed by atoms with Gasteiger partial charge in [0.05, 0.1) is 24.5 Å². The molecule has 33 heavy (non-hydrogen) atoms. The summed E-state index contributed by atoms with van der Waals surface area (Å²) in [4.78, 5) is 21.4. The van der Waals surface area contributed by atoms with Crippen molar-refractivity contribution in [3.05, 3.63) is 52.9 Å². The summed E-state index contributed by atoms with van der Waals surface area (Å²) < 4.78 is 21.1. The predicted octanol–water partition coefficient (Wildman–Crippen LogP) is 3.96. The van der Waals surface area contributed by atoms with Gasteiger partial charge in [-0.05, 0) is 57.7 Å². The molecule has 4 rings (SSSR count). The van der Waals surface area contributed by atoms with E-state index in [1.54, 1.807) is 11.0 Å². The van der Waals surface area contributed by atoms with E-state index in [9.17, 15) is 9.18 Å². The van der Waals surface area contributed by atoms with Gasteiger partial charge in [-0.3, -0.25) is 0 Å². The average molecular weight is 458 g/mol. The lowest BCUT2D eigenvalue weighted by Crippen LogP contribution is -2.42. The van der Waals surface area contributed by atoms with Crippen LogP contribution in [0.4, 0.5) is 9.18 Å². The van der Waals surface area contributed by atoms with Gasteiger partial charge < -0.3 is 24.8 Å². The molecule has 1 amide bonds. The van der Waals surface area contributed by atoms with Gasteiger partial charge in [0.25, 0.3) is 0 Å². The highest BCUT2D eigenvalue weighted by atomic mass is 19.1. The zero-order chi connectivity index (χ0) is 23.5. The number of rotatable bonds is 6. The predicted molar refractivity (Wildman–Crippen MR) is 125 cm³/mol. The van der Waals surface area contributed by atoms with E-state index in [0.29, 0.717) is 31.8 Å². The fraction of sp³-hybridized carbons (Fsp3) is 0.600. The summed E-state index contributed by atoms with van der Waals surface area (Å²) in [5, 5.41) is 0. The Morgan fingerprint density at radius 3 is 2.76 bits per heavy atom. The average Bonchev–Trinajstić information content (AvgIpc) is 3.14. The van der Waals surface area contributed by atoms with Gasteiger partial charge >= 0.3 is 6.09 Å². The molecule has 0 bridgehead atoms. The zero-order valence-electron chi connectivity index (χ0n) is 20.0. The summed E-state index contributed by atoms with van der Waals surface area (Å²) in [6.45, 7) is 9.69. The first kappa shape index (κ1) is 23.7. The number of amides is 1. The quantitative estimate of drug-likeness (QED) is 0.711. The first-order valence-electron chi connectivity index (χ1n) is 12.1. The second-order valence-corrected chi connectivity index (χ2v) is 9.31. The maximum atomic E-state index is 13.6. The Hall–Kier alpha value is -2.45. The molecule has 2 N–H and O–H groups in total. The molecular weight excluding hydrogens is 421 g/mol. The highest BCUT2D eigenvalue weighted by molar-refractivity contribution is 5.68. The lowest BCUT2D eigenvalue weighted by atomic mass is 9.97. The fourth-order valence-corrected chi connectivity index (χ4v) is 5.35. The van der Waals surface area contributed by atoms with E-state index in [-0.39, 0.29) is 18.0 Å². The Balaban J connectivity index is 1.37. The van der Waals surface area contributed by atoms with Gasteiger partial charge in [-0.2, -0.15) is 0 Å². The van der Waals surface area contributed by atoms with E-state index in [2.05, 4.69) is 23.3 Å². The number of hydrogen-bond acceptors (Lipinski definition) is 5. The van der Waals surface area contributed by atoms with Crippen molar-refractivity contribution in [3.63, 3.8) is 0 Å². The Morgan fingerprint density at radius 2 is 2.06 bits per heavy atom. The van der Waals surface area contributed by atoms with Gasteiger partial charge in [-0.1, -0.05) is 12.1 Å². The Labute approximate surface area is 195 Å². The molecule has 0 saturated carbocycles. The first-order valence-corrected chi connectivity index (χ1v) is 12.1. The smallest absolute Gasteiger partial charge is 0.410 e. The van der Waals surface area contributed by atoms with Crippen molar-refractivity contribution in [2.45, 2.75) is 71.1 Å². The molecule has 2 atom stereocenters. The first-order chi connectivity index (χ1) is 15.9. The van der Waals surface area contributed by atoms with Crippen molar-refractivity contribution < 1.29 is 13.9 Å². The van der Waals surface area contributed by atoms with E-state index >= 15 is 0 Å². The highest BCUT2D eigenvalue weighted by Gasteiger charge is 2.31. The van der Waals surface area contributed by atoms with Gasteiger partial charge in [0.1, 0.15) is 11.6 Å². The van der Waals surface area contributed by atoms with Gasteiger partial charge in [0.15, 0.2) is 0 Å². The molecule has 1 unspecified atom stereocenters. The minimum Gasteiger partial charge on any atom is -0.450 e. The standard InChI is InChI=1S/C25H36FN5O2/c1-4-33-25(32)30-13-10-23-24(16-30)31(18(3)28-23)21-8-11-29(12-9-21)17(2)14-22(27)19-6-5-7-20(26)15-19/h5-7,15,17,21-22H,4,8-14,16,27H2,1-3H3/t17?,22-/m0/s1. The largest absolute Gasteiger partial charge is 0.450 e. The summed E-state index contributed by atoms with van der Waals surface area (Å²) >= 11 is 0. The van der Waals surface area contributed by atoms with Crippen molar-refractivity contribution in [2.24, 2.45) is 5.73 Å². The monoisotopic (exact) mass is 457 g/mol. The number of likely N-dealkylation sites (tertiary alicyclic amines) is 1. The number of aryl methyl sites for hydroxylation is 1. The molecule has 1 aromatic heterocycles. The number of carbonyl (C=O) groups excluding carboxylic acids is 1. The van der Waals surface area contributed by atoms with Crippen LogP contribution >= 0.6 is 0 Å². The van der Waals surface area contributed by atoms with E-state index in [1.807, 2.05) is 13.0 Å². The summed E-state index contributed by atoms with van der Waals surface area (Å²) in [6, 6.07) is 7.13. The van der Waals surface area contributed by atoms with Crippen molar-refractivity contribution in [2.75, 3.05) is 26.2 Å². The summed E-state index contributed by atoms with van der Waals surface area (Å²) in [7, 11) is 0. The van der Waals surface area contributed by atoms with Gasteiger partial charge in [-0.25, -0.2) is 14.2 Å². The van der Waals surface area contributed by atoms with E-state index in [0.717, 1.165) is 61.5 Å². The fourth-order valence-electron chi connectivity index (χ4n) is 5.35. The van der Waals surface area contributed by atoms with Crippen LogP contribution in [0.2, 0.25) is 0 Å². The number of halogens is 1. The van der Waals surface area contributed by atoms with Crippen LogP contribution in [0.1, 0.15) is 68.0 Å². The van der Waals surface area contributed by atoms with Crippen molar-refractivity contribution in [3.8, 4) is 0 Å². The maximum absolute atomic E-state index is 13.6. The number of nitrogens with two attached hydrogens (primary N) is 1. The number of piperidine rings is 1. The molecule has 2 aromatic rings. The van der Waals surface area contributed by atoms with Crippen LogP contribution in [0.15, 0.2) is 24.3 Å². The van der Waals surface area contributed by atoms with Crippen LogP contribution < -0.4 is 5.73 Å². The zero-order valence-corrected chi connectivity index (χ0v) is 20.0. The van der Waals surface area contributed by atoms with E-state index < -0.39 is 0 Å². The molecule has 0 radical (unpaired) electrons. The van der Waals surface area contributed by atoms with Crippen LogP contribution in [-0.4, -0.2) is 57.7 Å². The molecule has 180 valence electrons. The third-order valence-electron chi connectivity index (χ3n) is 7.11. The van der Waals surface area contributed by atoms with Gasteiger partial charge in [-0.15, -0.1) is 0 Å². The summed E-state index contributed by atoms with van der Waals surface area (Å²) in [5.41, 5.74) is 9.51. The Kier molecular flexibility index (Phi) is 7.34. The SMILES string of the molecule is CCOC(=O)N1CCc2nc(C)n(C3CCN(C(C)C[C@H](N)c4cccc(F)c4)CC3)c2C1. The second kappa shape index (κ2) is 10.2. The van der Waals surface area contributed by atoms with Gasteiger partial charge in [0.2, 0.25) is 0 Å². The maximum Gasteiger partial charge on any atom is 0.410 e. The molecule has 7 nitrogen and oxygen atoms in total. The minimum absolute atomic E-state index is 0.176. The number of imidazole rings is 1. The number of carbonyl (C=O) groups is 1. The van der Waals surface area contributed by atoms with Crippen molar-refractivity contribution >= 4 is 6.09 Å². The number of ether oxygens (including phenoxy) is 1. The van der Waals surface area contributed by atoms with E-state index in [1.165, 1.54) is 12.1 Å². The lowest BCUT2D eigenvalue weighted by molar-refractivity contribution is 0.0993. The third kappa shape index (κ3) is 5.22. The van der Waals surface area contributed by atoms with Crippen molar-refractivity contribution in [1.29, 1.82) is 0 Å². The molecule has 0 aliphatic carbocycles. The number of hydrogen-bond donors (Lipinski definition) is 1. The highest BCUT2D eigenvalue weighted by Crippen LogP contribution is 2.31. The van der Waals surface area contributed by atoms with Crippen molar-refractivity contribution in [1.82, 2.24) is 19.4 Å². The Bertz CT molecular complexity index is 970. The van der Waals surface area contributed by atoms with Crippen LogP contribution in [0, 0.1) is 12.7 Å². The molecule has 1 saturated heterocycles. The minimum atomic E-state index is -0.244. The summed E-state index contributed by atoms with van der Waals surface area (Å²) in [5.74, 6) is 0.794. The molecular formula is C25H36FN5O2. The topological polar surface area (TPSA) is 76.6 Å². The van der Waals surface area contributed by atoms with Crippen LogP contribution in [0.3, 0.4) is 0 Å². The number of aromatic nitrogens is 2. The molecule has 2 aliphatic rings. The van der Waals surface area contributed by atoms with Crippen LogP contribution in [0.5, 0.6) is 0 Å². The summed E-state index contributed by atoms with van der Waals surface area (Å²) in [6.07, 6.45) is 3.38. The van der Waals surface area contributed by atoms with Crippen LogP contribution in [0.25, 0.3) is 0 Å². The normalized spacial score (nSPS) is 19.2. The molecule has 1 aromatic carbocycles. The molecule has 8 heteroatoms. The van der Waals surface area contributed by atoms with Gasteiger partial charge in [0, 0.05) is 44.2 Å². The lowest BCUT2D eigenvalue weighted by Gasteiger charge is -2.38. The number of nitrogens with zero attached hydrogens (tertiary/aromatic N) is 4. The molecule has 3 heterocycles.